The summed E-state index contributed by atoms with van der Waals surface area (Å²) < 4.78 is 1.69. The van der Waals surface area contributed by atoms with Gasteiger partial charge in [-0.15, -0.1) is 0 Å². The van der Waals surface area contributed by atoms with Crippen molar-refractivity contribution in [2.75, 3.05) is 18.0 Å². The molecule has 1 aliphatic heterocycles. The third-order valence-corrected chi connectivity index (χ3v) is 4.14. The summed E-state index contributed by atoms with van der Waals surface area (Å²) in [6.45, 7) is 3.89. The van der Waals surface area contributed by atoms with Crippen molar-refractivity contribution in [1.29, 1.82) is 0 Å². The molecule has 2 aromatic rings. The number of fused-ring (bicyclic) bond motifs is 1. The number of pyridine rings is 1. The standard InChI is InChI=1S/C15H19N3O/c1-10-8-18(9-12(10)16)14-7-15(19)17(2)13-6-4-3-5-11(13)14/h3-7,10,12H,8-9,16H2,1-2H3. The summed E-state index contributed by atoms with van der Waals surface area (Å²) in [5, 5.41) is 1.12. The quantitative estimate of drug-likeness (QED) is 0.838. The number of rotatable bonds is 1. The lowest BCUT2D eigenvalue weighted by Gasteiger charge is -2.21. The van der Waals surface area contributed by atoms with E-state index in [4.69, 9.17) is 5.73 Å². The van der Waals surface area contributed by atoms with Gasteiger partial charge in [0.1, 0.15) is 0 Å². The molecule has 100 valence electrons. The van der Waals surface area contributed by atoms with E-state index >= 15 is 0 Å². The minimum Gasteiger partial charge on any atom is -0.369 e. The van der Waals surface area contributed by atoms with Crippen LogP contribution in [-0.2, 0) is 7.05 Å². The van der Waals surface area contributed by atoms with Crippen LogP contribution in [0.5, 0.6) is 0 Å². The second-order valence-electron chi connectivity index (χ2n) is 5.49. The summed E-state index contributed by atoms with van der Waals surface area (Å²) in [5.74, 6) is 0.461. The Balaban J connectivity index is 2.19. The number of benzene rings is 1. The minimum atomic E-state index is 0.0295. The van der Waals surface area contributed by atoms with E-state index in [0.29, 0.717) is 5.92 Å². The molecule has 2 atom stereocenters. The number of nitrogens with two attached hydrogens (primary N) is 1. The molecule has 2 unspecified atom stereocenters. The molecule has 1 aromatic heterocycles. The first-order chi connectivity index (χ1) is 9.08. The van der Waals surface area contributed by atoms with E-state index in [1.165, 1.54) is 0 Å². The average Bonchev–Trinajstić information content (AvgIpc) is 2.74. The summed E-state index contributed by atoms with van der Waals surface area (Å²) in [6, 6.07) is 9.94. The highest BCUT2D eigenvalue weighted by molar-refractivity contribution is 5.92. The molecule has 3 rings (SSSR count). The van der Waals surface area contributed by atoms with Crippen LogP contribution in [0.15, 0.2) is 35.1 Å². The maximum Gasteiger partial charge on any atom is 0.252 e. The fraction of sp³-hybridized carbons (Fsp3) is 0.400. The second-order valence-corrected chi connectivity index (χ2v) is 5.49. The van der Waals surface area contributed by atoms with Crippen molar-refractivity contribution < 1.29 is 0 Å². The van der Waals surface area contributed by atoms with Crippen molar-refractivity contribution in [3.63, 3.8) is 0 Å². The van der Waals surface area contributed by atoms with Crippen LogP contribution >= 0.6 is 0 Å². The smallest absolute Gasteiger partial charge is 0.252 e. The first kappa shape index (κ1) is 12.2. The summed E-state index contributed by atoms with van der Waals surface area (Å²) in [6.07, 6.45) is 0. The molecule has 2 N–H and O–H groups in total. The second kappa shape index (κ2) is 4.38. The van der Waals surface area contributed by atoms with Gasteiger partial charge in [0, 0.05) is 37.6 Å². The van der Waals surface area contributed by atoms with Crippen LogP contribution in [0.4, 0.5) is 5.69 Å². The van der Waals surface area contributed by atoms with Crippen LogP contribution in [0.3, 0.4) is 0 Å². The number of nitrogens with zero attached hydrogens (tertiary/aromatic N) is 2. The Bertz CT molecular complexity index is 667. The predicted octanol–water partition coefficient (Wildman–Crippen LogP) is 1.32. The summed E-state index contributed by atoms with van der Waals surface area (Å²) in [4.78, 5) is 14.3. The van der Waals surface area contributed by atoms with Gasteiger partial charge in [-0.2, -0.15) is 0 Å². The van der Waals surface area contributed by atoms with Crippen LogP contribution in [0.25, 0.3) is 10.9 Å². The van der Waals surface area contributed by atoms with Gasteiger partial charge >= 0.3 is 0 Å². The Hall–Kier alpha value is -1.81. The molecule has 0 saturated carbocycles. The highest BCUT2D eigenvalue weighted by Gasteiger charge is 2.28. The van der Waals surface area contributed by atoms with Gasteiger partial charge < -0.3 is 15.2 Å². The number of anilines is 1. The third-order valence-electron chi connectivity index (χ3n) is 4.14. The van der Waals surface area contributed by atoms with Crippen LogP contribution in [-0.4, -0.2) is 23.7 Å². The van der Waals surface area contributed by atoms with Gasteiger partial charge in [-0.25, -0.2) is 0 Å². The Morgan fingerprint density at radius 1 is 1.26 bits per heavy atom. The lowest BCUT2D eigenvalue weighted by atomic mass is 10.1. The third kappa shape index (κ3) is 1.92. The van der Waals surface area contributed by atoms with Crippen LogP contribution in [0.1, 0.15) is 6.92 Å². The van der Waals surface area contributed by atoms with Gasteiger partial charge in [0.15, 0.2) is 0 Å². The largest absolute Gasteiger partial charge is 0.369 e. The van der Waals surface area contributed by atoms with Crippen molar-refractivity contribution in [2.45, 2.75) is 13.0 Å². The first-order valence-corrected chi connectivity index (χ1v) is 6.67. The Morgan fingerprint density at radius 2 is 2.00 bits per heavy atom. The van der Waals surface area contributed by atoms with Crippen molar-refractivity contribution in [1.82, 2.24) is 4.57 Å². The van der Waals surface area contributed by atoms with E-state index in [1.54, 1.807) is 10.6 Å². The van der Waals surface area contributed by atoms with Crippen LogP contribution < -0.4 is 16.2 Å². The van der Waals surface area contributed by atoms with Gasteiger partial charge in [-0.1, -0.05) is 25.1 Å². The van der Waals surface area contributed by atoms with Crippen molar-refractivity contribution in [3.8, 4) is 0 Å². The molecule has 1 fully saturated rings. The SMILES string of the molecule is CC1CN(c2cc(=O)n(C)c3ccccc23)CC1N. The maximum atomic E-state index is 12.1. The monoisotopic (exact) mass is 257 g/mol. The maximum absolute atomic E-state index is 12.1. The molecule has 4 heteroatoms. The van der Waals surface area contributed by atoms with Gasteiger partial charge in [0.25, 0.3) is 5.56 Å². The topological polar surface area (TPSA) is 51.3 Å². The van der Waals surface area contributed by atoms with Crippen molar-refractivity contribution >= 4 is 16.6 Å². The fourth-order valence-electron chi connectivity index (χ4n) is 2.84. The van der Waals surface area contributed by atoms with Gasteiger partial charge in [0.05, 0.1) is 11.2 Å². The average molecular weight is 257 g/mol. The Kier molecular flexibility index (Phi) is 2.82. The molecule has 0 spiro atoms. The highest BCUT2D eigenvalue weighted by atomic mass is 16.1. The molecule has 1 aliphatic rings. The van der Waals surface area contributed by atoms with Crippen LogP contribution in [0, 0.1) is 5.92 Å². The van der Waals surface area contributed by atoms with E-state index in [-0.39, 0.29) is 11.6 Å². The molecule has 0 aliphatic carbocycles. The molecule has 2 heterocycles. The number of aryl methyl sites for hydroxylation is 1. The minimum absolute atomic E-state index is 0.0295. The number of hydrogen-bond donors (Lipinski definition) is 1. The van der Waals surface area contributed by atoms with E-state index < -0.39 is 0 Å². The molecular weight excluding hydrogens is 238 g/mol. The molecule has 0 amide bonds. The Labute approximate surface area is 112 Å². The van der Waals surface area contributed by atoms with E-state index in [2.05, 4.69) is 17.9 Å². The molecule has 0 bridgehead atoms. The summed E-state index contributed by atoms with van der Waals surface area (Å²) >= 11 is 0. The predicted molar refractivity (Wildman–Crippen MR) is 78.5 cm³/mol. The van der Waals surface area contributed by atoms with Crippen LogP contribution in [0.2, 0.25) is 0 Å². The first-order valence-electron chi connectivity index (χ1n) is 6.67. The summed E-state index contributed by atoms with van der Waals surface area (Å²) in [7, 11) is 1.81. The highest BCUT2D eigenvalue weighted by Crippen LogP contribution is 2.28. The van der Waals surface area contributed by atoms with Gasteiger partial charge in [-0.05, 0) is 12.0 Å². The molecular formula is C15H19N3O. The molecule has 4 nitrogen and oxygen atoms in total. The fourth-order valence-corrected chi connectivity index (χ4v) is 2.84. The molecule has 0 radical (unpaired) electrons. The molecule has 1 saturated heterocycles. The van der Waals surface area contributed by atoms with E-state index in [0.717, 1.165) is 29.7 Å². The van der Waals surface area contributed by atoms with E-state index in [1.807, 2.05) is 25.2 Å². The number of para-hydroxylation sites is 1. The Morgan fingerprint density at radius 3 is 2.68 bits per heavy atom. The normalized spacial score (nSPS) is 23.2. The molecule has 19 heavy (non-hydrogen) atoms. The van der Waals surface area contributed by atoms with Gasteiger partial charge in [0.2, 0.25) is 0 Å². The van der Waals surface area contributed by atoms with Gasteiger partial charge in [-0.3, -0.25) is 4.79 Å². The lowest BCUT2D eigenvalue weighted by Crippen LogP contribution is -2.29. The summed E-state index contributed by atoms with van der Waals surface area (Å²) in [5.41, 5.74) is 8.11. The molecule has 1 aromatic carbocycles. The van der Waals surface area contributed by atoms with Crippen molar-refractivity contribution in [2.24, 2.45) is 18.7 Å². The zero-order valence-electron chi connectivity index (χ0n) is 11.3. The lowest BCUT2D eigenvalue weighted by molar-refractivity contribution is 0.566. The zero-order valence-corrected chi connectivity index (χ0v) is 11.3. The number of hydrogen-bond acceptors (Lipinski definition) is 3. The zero-order chi connectivity index (χ0) is 13.6. The van der Waals surface area contributed by atoms with Crippen molar-refractivity contribution in [3.05, 3.63) is 40.7 Å². The van der Waals surface area contributed by atoms with E-state index in [9.17, 15) is 4.79 Å². The number of aromatic nitrogens is 1.